The molecule has 0 radical (unpaired) electrons. The van der Waals surface area contributed by atoms with E-state index in [1.807, 2.05) is 0 Å². The topological polar surface area (TPSA) is 0 Å². The molecule has 0 atom stereocenters. The normalized spacial score (nSPS) is 48.0. The van der Waals surface area contributed by atoms with E-state index in [1.165, 1.54) is 0 Å². The van der Waals surface area contributed by atoms with Crippen LogP contribution in [0.2, 0.25) is 60.9 Å². The maximum atomic E-state index is 3.10. The van der Waals surface area contributed by atoms with Crippen molar-refractivity contribution in [1.82, 2.24) is 0 Å². The summed E-state index contributed by atoms with van der Waals surface area (Å²) in [5.74, 6) is 0. The summed E-state index contributed by atoms with van der Waals surface area (Å²) in [5.41, 5.74) is 0. The van der Waals surface area contributed by atoms with E-state index < -0.39 is 47.8 Å². The molecule has 0 aliphatic carbocycles. The van der Waals surface area contributed by atoms with Crippen LogP contribution in [0.3, 0.4) is 0 Å². The van der Waals surface area contributed by atoms with E-state index in [2.05, 4.69) is 108 Å². The predicted octanol–water partition coefficient (Wildman–Crippen LogP) is 6.68. The highest BCUT2D eigenvalue weighted by molar-refractivity contribution is 8.64. The third kappa shape index (κ3) is 1.33. The lowest BCUT2D eigenvalue weighted by Crippen LogP contribution is -2.77. The molecule has 4 rings (SSSR count). The molecular weight excluding hydrogens is 425 g/mol. The first kappa shape index (κ1) is 22.2. The third-order valence-electron chi connectivity index (χ3n) is 11.6. The minimum absolute atomic E-state index is 0.692. The molecule has 0 amide bonds. The zero-order valence-electron chi connectivity index (χ0n) is 21.0. The first-order valence-electron chi connectivity index (χ1n) is 11.0. The quantitative estimate of drug-likeness (QED) is 0.345. The van der Waals surface area contributed by atoms with Crippen LogP contribution in [0.15, 0.2) is 0 Å². The van der Waals surface area contributed by atoms with Crippen molar-refractivity contribution in [2.24, 2.45) is 0 Å². The van der Waals surface area contributed by atoms with Gasteiger partial charge in [0.1, 0.15) is 0 Å². The fourth-order valence-electron chi connectivity index (χ4n) is 13.0. The van der Waals surface area contributed by atoms with E-state index in [-0.39, 0.29) is 0 Å². The van der Waals surface area contributed by atoms with Gasteiger partial charge in [-0.15, -0.1) is 0 Å². The molecule has 4 bridgehead atoms. The molecule has 0 saturated carbocycles. The summed E-state index contributed by atoms with van der Waals surface area (Å²) in [4.78, 5) is 0. The van der Waals surface area contributed by atoms with Crippen LogP contribution in [0.5, 0.6) is 0 Å². The smallest absolute Gasteiger partial charge is 0.0323 e. The average molecular weight is 473 g/mol. The van der Waals surface area contributed by atoms with Crippen LogP contribution in [0, 0.1) is 0 Å². The molecule has 0 N–H and O–H groups in total. The fourth-order valence-corrected chi connectivity index (χ4v) is 691. The van der Waals surface area contributed by atoms with Crippen molar-refractivity contribution in [3.63, 3.8) is 0 Å². The van der Waals surface area contributed by atoms with Crippen molar-refractivity contribution in [1.29, 1.82) is 0 Å². The van der Waals surface area contributed by atoms with E-state index in [0.29, 0.717) is 15.1 Å². The van der Waals surface area contributed by atoms with Crippen LogP contribution < -0.4 is 0 Å². The molecule has 4 aliphatic rings. The fraction of sp³-hybridized carbons (Fsp3) is 1.00. The number of hydrogen-bond acceptors (Lipinski definition) is 0. The van der Waals surface area contributed by atoms with Crippen LogP contribution in [0.1, 0.15) is 62.3 Å². The predicted molar refractivity (Wildman–Crippen MR) is 140 cm³/mol. The van der Waals surface area contributed by atoms with Crippen LogP contribution in [0.25, 0.3) is 0 Å². The molecule has 4 aliphatic heterocycles. The molecule has 0 aromatic carbocycles. The summed E-state index contributed by atoms with van der Waals surface area (Å²) >= 11 is 0. The standard InChI is InChI=1S/C19H48Si7/c1-17(2,3)24-20(10,11)23(16)21(12,13)25(24,18(4,5)6)26(24,19(7,8)9)22(23,14)15/h1-16H3. The second kappa shape index (κ2) is 4.56. The molecule has 4 saturated heterocycles. The van der Waals surface area contributed by atoms with Gasteiger partial charge in [-0.3, -0.25) is 0 Å². The Labute approximate surface area is 170 Å². The van der Waals surface area contributed by atoms with E-state index >= 15 is 0 Å². The lowest BCUT2D eigenvalue weighted by molar-refractivity contribution is 0.734. The number of hydrogen-bond donors (Lipinski definition) is 0. The highest BCUT2D eigenvalue weighted by Crippen LogP contribution is 2.92. The number of rotatable bonds is 0. The average Bonchev–Trinajstić information content (AvgIpc) is 2.90. The minimum Gasteiger partial charge on any atom is -0.0753 e. The Hall–Kier alpha value is 1.52. The van der Waals surface area contributed by atoms with E-state index in [9.17, 15) is 0 Å². The Morgan fingerprint density at radius 2 is 0.500 bits per heavy atom. The maximum absolute atomic E-state index is 3.10. The lowest BCUT2D eigenvalue weighted by Gasteiger charge is -2.49. The SMILES string of the molecule is CC(C)(C)[Si]12[Si](C)(C)[Si]3(C)[Si](C)(C)[Si]1(C(C)(C)C)[Si]2(C(C)(C)C)[Si]3(C)C. The Bertz CT molecular complexity index is 583. The molecule has 152 valence electrons. The molecule has 0 unspecified atom stereocenters. The lowest BCUT2D eigenvalue weighted by atomic mass is 10.2. The Morgan fingerprint density at radius 1 is 0.346 bits per heavy atom. The van der Waals surface area contributed by atoms with Gasteiger partial charge in [0.25, 0.3) is 0 Å². The van der Waals surface area contributed by atoms with Gasteiger partial charge in [0, 0.05) is 47.8 Å². The van der Waals surface area contributed by atoms with Crippen molar-refractivity contribution in [2.45, 2.75) is 123 Å². The minimum atomic E-state index is -1.19. The van der Waals surface area contributed by atoms with Crippen molar-refractivity contribution in [2.75, 3.05) is 0 Å². The second-order valence-corrected chi connectivity index (χ2v) is 110. The van der Waals surface area contributed by atoms with Gasteiger partial charge in [-0.25, -0.2) is 0 Å². The zero-order valence-corrected chi connectivity index (χ0v) is 28.0. The molecule has 0 aromatic heterocycles. The summed E-state index contributed by atoms with van der Waals surface area (Å²) in [7, 11) is -3.36. The van der Waals surface area contributed by atoms with Gasteiger partial charge >= 0.3 is 0 Å². The third-order valence-corrected chi connectivity index (χ3v) is 278. The highest BCUT2D eigenvalue weighted by Gasteiger charge is 3.17. The summed E-state index contributed by atoms with van der Waals surface area (Å²) in [6.45, 7) is 41.9. The van der Waals surface area contributed by atoms with Crippen LogP contribution in [0.4, 0.5) is 0 Å². The van der Waals surface area contributed by atoms with Gasteiger partial charge in [0.15, 0.2) is 0 Å². The van der Waals surface area contributed by atoms with E-state index in [0.717, 1.165) is 0 Å². The van der Waals surface area contributed by atoms with Crippen LogP contribution in [-0.2, 0) is 0 Å². The molecule has 4 fully saturated rings. The summed E-state index contributed by atoms with van der Waals surface area (Å²) < 4.78 is 0. The van der Waals surface area contributed by atoms with Crippen molar-refractivity contribution < 1.29 is 0 Å². The Kier molecular flexibility index (Phi) is 3.90. The Balaban J connectivity index is 2.70. The summed E-state index contributed by atoms with van der Waals surface area (Å²) in [6, 6.07) is 0. The Morgan fingerprint density at radius 3 is 0.615 bits per heavy atom. The van der Waals surface area contributed by atoms with Gasteiger partial charge in [0.05, 0.1) is 0 Å². The molecule has 7 heteroatoms. The van der Waals surface area contributed by atoms with Gasteiger partial charge < -0.3 is 0 Å². The first-order chi connectivity index (χ1) is 11.0. The largest absolute Gasteiger partial charge is 0.0753 e. The van der Waals surface area contributed by atoms with Crippen LogP contribution in [-0.4, -0.2) is 47.8 Å². The summed E-state index contributed by atoms with van der Waals surface area (Å²) in [6.07, 6.45) is 0. The molecular formula is C19H48Si7. The summed E-state index contributed by atoms with van der Waals surface area (Å²) in [5, 5.41) is 2.08. The maximum Gasteiger partial charge on any atom is 0.0323 e. The van der Waals surface area contributed by atoms with Crippen molar-refractivity contribution in [3.05, 3.63) is 0 Å². The molecule has 0 spiro atoms. The highest BCUT2D eigenvalue weighted by atomic mass is 30.8. The molecule has 0 aromatic rings. The van der Waals surface area contributed by atoms with Gasteiger partial charge in [-0.2, -0.15) is 0 Å². The van der Waals surface area contributed by atoms with Gasteiger partial charge in [0.2, 0.25) is 0 Å². The molecule has 0 nitrogen and oxygen atoms in total. The zero-order chi connectivity index (χ0) is 21.0. The van der Waals surface area contributed by atoms with Crippen LogP contribution >= 0.6 is 0 Å². The monoisotopic (exact) mass is 472 g/mol. The van der Waals surface area contributed by atoms with E-state index in [1.54, 1.807) is 0 Å². The molecule has 26 heavy (non-hydrogen) atoms. The van der Waals surface area contributed by atoms with Gasteiger partial charge in [-0.05, 0) is 15.1 Å². The van der Waals surface area contributed by atoms with E-state index in [4.69, 9.17) is 0 Å². The molecule has 4 heterocycles. The second-order valence-electron chi connectivity index (χ2n) is 15.0. The van der Waals surface area contributed by atoms with Crippen molar-refractivity contribution in [3.8, 4) is 0 Å². The first-order valence-corrected chi connectivity index (χ1v) is 37.5. The van der Waals surface area contributed by atoms with Crippen molar-refractivity contribution >= 4 is 47.8 Å². The van der Waals surface area contributed by atoms with Gasteiger partial charge in [-0.1, -0.05) is 108 Å².